The Morgan fingerprint density at radius 3 is 1.10 bits per heavy atom. The van der Waals surface area contributed by atoms with Crippen molar-refractivity contribution in [1.82, 2.24) is 0 Å². The minimum atomic E-state index is -4.56. The SMILES string of the molecule is O[C@H](c1ccc(C(F)(F)F)cc1C1CCCCCCC1)[C@H](O)c1ccc(C(F)(F)F)cc1C1CCCCCCC1. The molecule has 0 spiro atoms. The van der Waals surface area contributed by atoms with Gasteiger partial charge in [-0.2, -0.15) is 26.3 Å². The molecule has 2 N–H and O–H groups in total. The fraction of sp³-hybridized carbons (Fsp3) is 0.625. The average molecular weight is 571 g/mol. The minimum absolute atomic E-state index is 0.197. The van der Waals surface area contributed by atoms with E-state index in [0.29, 0.717) is 36.8 Å². The standard InChI is InChI=1S/C32H40F6O2/c33-31(34,35)23-15-17-25(27(19-23)21-11-7-3-1-4-8-12-21)29(39)30(40)26-18-16-24(32(36,37)38)20-28(26)22-13-9-5-2-6-10-14-22/h15-22,29-30,39-40H,1-14H2/t29-,30-/m1/s1. The van der Waals surface area contributed by atoms with Crippen LogP contribution in [0.25, 0.3) is 0 Å². The van der Waals surface area contributed by atoms with E-state index in [2.05, 4.69) is 0 Å². The van der Waals surface area contributed by atoms with Crippen LogP contribution in [0.2, 0.25) is 0 Å². The van der Waals surface area contributed by atoms with Gasteiger partial charge in [-0.15, -0.1) is 0 Å². The second-order valence-electron chi connectivity index (χ2n) is 11.7. The van der Waals surface area contributed by atoms with Gasteiger partial charge in [-0.05, 0) is 84.0 Å². The Kier molecular flexibility index (Phi) is 10.3. The molecule has 0 radical (unpaired) electrons. The van der Waals surface area contributed by atoms with Crippen molar-refractivity contribution in [2.75, 3.05) is 0 Å². The Morgan fingerprint density at radius 2 is 0.800 bits per heavy atom. The molecular formula is C32H40F6O2. The Morgan fingerprint density at radius 1 is 0.500 bits per heavy atom. The number of benzene rings is 2. The maximum absolute atomic E-state index is 13.7. The number of alkyl halides is 6. The monoisotopic (exact) mass is 570 g/mol. The molecule has 222 valence electrons. The van der Waals surface area contributed by atoms with Crippen LogP contribution in [0.4, 0.5) is 26.3 Å². The lowest BCUT2D eigenvalue weighted by Gasteiger charge is -2.30. The van der Waals surface area contributed by atoms with E-state index in [4.69, 9.17) is 0 Å². The second-order valence-corrected chi connectivity index (χ2v) is 11.7. The van der Waals surface area contributed by atoms with Gasteiger partial charge in [0.15, 0.2) is 0 Å². The summed E-state index contributed by atoms with van der Waals surface area (Å²) in [4.78, 5) is 0. The van der Waals surface area contributed by atoms with Gasteiger partial charge >= 0.3 is 12.4 Å². The maximum atomic E-state index is 13.7. The molecule has 2 aliphatic carbocycles. The first-order chi connectivity index (χ1) is 19.0. The van der Waals surface area contributed by atoms with Crippen LogP contribution in [-0.4, -0.2) is 10.2 Å². The minimum Gasteiger partial charge on any atom is -0.385 e. The van der Waals surface area contributed by atoms with E-state index in [9.17, 15) is 36.6 Å². The van der Waals surface area contributed by atoms with Gasteiger partial charge in [0.25, 0.3) is 0 Å². The molecule has 0 aliphatic heterocycles. The first-order valence-electron chi connectivity index (χ1n) is 14.7. The van der Waals surface area contributed by atoms with Crippen LogP contribution in [0, 0.1) is 0 Å². The molecule has 40 heavy (non-hydrogen) atoms. The van der Waals surface area contributed by atoms with Crippen molar-refractivity contribution in [2.45, 2.75) is 126 Å². The predicted molar refractivity (Wildman–Crippen MR) is 143 cm³/mol. The summed E-state index contributed by atoms with van der Waals surface area (Å²) in [5, 5.41) is 22.9. The summed E-state index contributed by atoms with van der Waals surface area (Å²) in [6.45, 7) is 0. The summed E-state index contributed by atoms with van der Waals surface area (Å²) in [5.74, 6) is -0.394. The van der Waals surface area contributed by atoms with Gasteiger partial charge in [-0.3, -0.25) is 0 Å². The smallest absolute Gasteiger partial charge is 0.385 e. The first-order valence-corrected chi connectivity index (χ1v) is 14.7. The molecule has 4 rings (SSSR count). The van der Waals surface area contributed by atoms with Crippen molar-refractivity contribution in [1.29, 1.82) is 0 Å². The van der Waals surface area contributed by atoms with Gasteiger partial charge < -0.3 is 10.2 Å². The maximum Gasteiger partial charge on any atom is 0.416 e. The van der Waals surface area contributed by atoms with Crippen molar-refractivity contribution in [2.24, 2.45) is 0 Å². The second kappa shape index (κ2) is 13.3. The Labute approximate surface area is 232 Å². The third-order valence-electron chi connectivity index (χ3n) is 8.85. The zero-order valence-corrected chi connectivity index (χ0v) is 22.8. The normalized spacial score (nSPS) is 20.7. The molecule has 2 saturated carbocycles. The van der Waals surface area contributed by atoms with Gasteiger partial charge in [-0.25, -0.2) is 0 Å². The summed E-state index contributed by atoms with van der Waals surface area (Å²) < 4.78 is 82.1. The summed E-state index contributed by atoms with van der Waals surface area (Å²) in [6, 6.07) is 6.51. The molecule has 8 heteroatoms. The lowest BCUT2D eigenvalue weighted by molar-refractivity contribution is -0.138. The van der Waals surface area contributed by atoms with Gasteiger partial charge in [0.1, 0.15) is 12.2 Å². The molecule has 0 saturated heterocycles. The fourth-order valence-corrected chi connectivity index (χ4v) is 6.62. The Bertz CT molecular complexity index is 1010. The molecule has 0 heterocycles. The van der Waals surface area contributed by atoms with Crippen LogP contribution in [0.1, 0.15) is 147 Å². The molecule has 2 aromatic rings. The third-order valence-corrected chi connectivity index (χ3v) is 8.85. The summed E-state index contributed by atoms with van der Waals surface area (Å²) in [5.41, 5.74) is -0.422. The quantitative estimate of drug-likeness (QED) is 0.351. The summed E-state index contributed by atoms with van der Waals surface area (Å²) in [6.07, 6.45) is 0.0683. The third kappa shape index (κ3) is 7.61. The van der Waals surface area contributed by atoms with Crippen LogP contribution < -0.4 is 0 Å². The van der Waals surface area contributed by atoms with E-state index in [1.165, 1.54) is 12.1 Å². The van der Waals surface area contributed by atoms with E-state index < -0.39 is 35.7 Å². The van der Waals surface area contributed by atoms with E-state index in [1.807, 2.05) is 0 Å². The first kappa shape index (κ1) is 30.9. The Hall–Kier alpha value is -2.06. The van der Waals surface area contributed by atoms with Crippen molar-refractivity contribution < 1.29 is 36.6 Å². The fourth-order valence-electron chi connectivity index (χ4n) is 6.62. The van der Waals surface area contributed by atoms with E-state index in [-0.39, 0.29) is 23.0 Å². The van der Waals surface area contributed by atoms with Crippen LogP contribution in [0.5, 0.6) is 0 Å². The van der Waals surface area contributed by atoms with Crippen LogP contribution in [0.3, 0.4) is 0 Å². The van der Waals surface area contributed by atoms with Crippen molar-refractivity contribution in [3.05, 3.63) is 69.8 Å². The number of rotatable bonds is 5. The molecule has 2 fully saturated rings. The van der Waals surface area contributed by atoms with Gasteiger partial charge in [0.05, 0.1) is 11.1 Å². The number of hydrogen-bond donors (Lipinski definition) is 2. The highest BCUT2D eigenvalue weighted by Gasteiger charge is 2.36. The molecular weight excluding hydrogens is 530 g/mol. The Balaban J connectivity index is 1.75. The van der Waals surface area contributed by atoms with Crippen molar-refractivity contribution in [3.8, 4) is 0 Å². The molecule has 2 nitrogen and oxygen atoms in total. The van der Waals surface area contributed by atoms with Crippen molar-refractivity contribution >= 4 is 0 Å². The van der Waals surface area contributed by atoms with Gasteiger partial charge in [-0.1, -0.05) is 76.3 Å². The molecule has 0 bridgehead atoms. The van der Waals surface area contributed by atoms with Crippen LogP contribution in [-0.2, 0) is 12.4 Å². The molecule has 2 aliphatic rings. The number of aliphatic hydroxyl groups excluding tert-OH is 2. The topological polar surface area (TPSA) is 40.5 Å². The van der Waals surface area contributed by atoms with Gasteiger partial charge in [0, 0.05) is 0 Å². The number of hydrogen-bond acceptors (Lipinski definition) is 2. The molecule has 0 unspecified atom stereocenters. The summed E-state index contributed by atoms with van der Waals surface area (Å²) >= 11 is 0. The predicted octanol–water partition coefficient (Wildman–Crippen LogP) is 10.1. The summed E-state index contributed by atoms with van der Waals surface area (Å²) in [7, 11) is 0. The van der Waals surface area contributed by atoms with E-state index >= 15 is 0 Å². The van der Waals surface area contributed by atoms with Gasteiger partial charge in [0.2, 0.25) is 0 Å². The highest BCUT2D eigenvalue weighted by atomic mass is 19.4. The molecule has 2 atom stereocenters. The zero-order chi connectivity index (χ0) is 28.9. The average Bonchev–Trinajstić information content (AvgIpc) is 2.86. The molecule has 0 amide bonds. The molecule has 2 aromatic carbocycles. The van der Waals surface area contributed by atoms with Crippen LogP contribution >= 0.6 is 0 Å². The van der Waals surface area contributed by atoms with Crippen molar-refractivity contribution in [3.63, 3.8) is 0 Å². The number of halogens is 6. The van der Waals surface area contributed by atoms with E-state index in [1.54, 1.807) is 0 Å². The number of aliphatic hydroxyl groups is 2. The zero-order valence-electron chi connectivity index (χ0n) is 22.8. The lowest BCUT2D eigenvalue weighted by Crippen LogP contribution is -2.19. The van der Waals surface area contributed by atoms with E-state index in [0.717, 1.165) is 88.5 Å². The lowest BCUT2D eigenvalue weighted by atomic mass is 9.78. The molecule has 0 aromatic heterocycles. The van der Waals surface area contributed by atoms with Crippen LogP contribution in [0.15, 0.2) is 36.4 Å². The largest absolute Gasteiger partial charge is 0.416 e. The highest BCUT2D eigenvalue weighted by Crippen LogP contribution is 2.44. The highest BCUT2D eigenvalue weighted by molar-refractivity contribution is 5.42.